The van der Waals surface area contributed by atoms with E-state index in [4.69, 9.17) is 5.73 Å². The fourth-order valence-corrected chi connectivity index (χ4v) is 1.77. The molecule has 0 radical (unpaired) electrons. The molecule has 84 valence electrons. The summed E-state index contributed by atoms with van der Waals surface area (Å²) in [5, 5.41) is 0. The van der Waals surface area contributed by atoms with Crippen molar-refractivity contribution in [3.63, 3.8) is 0 Å². The highest BCUT2D eigenvalue weighted by atomic mass is 15.1. The monoisotopic (exact) mass is 198 g/mol. The summed E-state index contributed by atoms with van der Waals surface area (Å²) in [5.41, 5.74) is 5.73. The number of hydrogen-bond acceptors (Lipinski definition) is 2. The predicted octanol–water partition coefficient (Wildman–Crippen LogP) is 2.26. The lowest BCUT2D eigenvalue weighted by molar-refractivity contribution is 0.233. The van der Waals surface area contributed by atoms with E-state index in [1.54, 1.807) is 0 Å². The van der Waals surface area contributed by atoms with Crippen molar-refractivity contribution in [3.05, 3.63) is 12.7 Å². The zero-order valence-corrected chi connectivity index (χ0v) is 9.84. The molecule has 2 heteroatoms. The van der Waals surface area contributed by atoms with Crippen molar-refractivity contribution in [2.24, 2.45) is 11.7 Å². The van der Waals surface area contributed by atoms with Crippen LogP contribution in [0.15, 0.2) is 12.7 Å². The quantitative estimate of drug-likeness (QED) is 0.576. The minimum atomic E-state index is 0.589. The first kappa shape index (κ1) is 13.7. The lowest BCUT2D eigenvalue weighted by atomic mass is 10.1. The molecular weight excluding hydrogens is 172 g/mol. The van der Waals surface area contributed by atoms with Crippen LogP contribution in [-0.2, 0) is 0 Å². The fourth-order valence-electron chi connectivity index (χ4n) is 1.77. The maximum absolute atomic E-state index is 5.73. The lowest BCUT2D eigenvalue weighted by Crippen LogP contribution is -2.34. The van der Waals surface area contributed by atoms with E-state index >= 15 is 0 Å². The average Bonchev–Trinajstić information content (AvgIpc) is 2.18. The van der Waals surface area contributed by atoms with Gasteiger partial charge in [-0.15, -0.1) is 6.58 Å². The van der Waals surface area contributed by atoms with E-state index in [-0.39, 0.29) is 0 Å². The van der Waals surface area contributed by atoms with E-state index in [0.29, 0.717) is 5.92 Å². The van der Waals surface area contributed by atoms with E-state index in [9.17, 15) is 0 Å². The van der Waals surface area contributed by atoms with Gasteiger partial charge >= 0.3 is 0 Å². The van der Waals surface area contributed by atoms with Gasteiger partial charge in [0, 0.05) is 6.54 Å². The van der Waals surface area contributed by atoms with Crippen LogP contribution in [0.25, 0.3) is 0 Å². The van der Waals surface area contributed by atoms with Crippen molar-refractivity contribution >= 4 is 0 Å². The number of allylic oxidation sites excluding steroid dienone is 1. The van der Waals surface area contributed by atoms with Crippen molar-refractivity contribution in [2.75, 3.05) is 26.2 Å². The first-order chi connectivity index (χ1) is 6.78. The fraction of sp³-hybridized carbons (Fsp3) is 0.833. The van der Waals surface area contributed by atoms with Crippen molar-refractivity contribution in [1.82, 2.24) is 4.90 Å². The van der Waals surface area contributed by atoms with E-state index < -0.39 is 0 Å². The van der Waals surface area contributed by atoms with Crippen LogP contribution >= 0.6 is 0 Å². The summed E-state index contributed by atoms with van der Waals surface area (Å²) < 4.78 is 0. The Kier molecular flexibility index (Phi) is 9.00. The van der Waals surface area contributed by atoms with Gasteiger partial charge in [0.2, 0.25) is 0 Å². The van der Waals surface area contributed by atoms with E-state index in [0.717, 1.165) is 19.5 Å². The first-order valence-electron chi connectivity index (χ1n) is 5.81. The van der Waals surface area contributed by atoms with Crippen LogP contribution < -0.4 is 5.73 Å². The molecule has 0 saturated heterocycles. The van der Waals surface area contributed by atoms with Gasteiger partial charge in [0.05, 0.1) is 0 Å². The van der Waals surface area contributed by atoms with E-state index in [1.165, 1.54) is 25.9 Å². The standard InChI is InChI=1S/C12H26N2/c1-4-7-12(10-13)11-14(8-5-2)9-6-3/h4,12H,1,5-11,13H2,2-3H3. The third-order valence-electron chi connectivity index (χ3n) is 2.43. The Morgan fingerprint density at radius 3 is 2.21 bits per heavy atom. The Balaban J connectivity index is 3.89. The predicted molar refractivity (Wildman–Crippen MR) is 64.4 cm³/mol. The molecule has 2 N–H and O–H groups in total. The molecule has 14 heavy (non-hydrogen) atoms. The van der Waals surface area contributed by atoms with Gasteiger partial charge < -0.3 is 10.6 Å². The van der Waals surface area contributed by atoms with Crippen LogP contribution in [0.2, 0.25) is 0 Å². The molecule has 0 rings (SSSR count). The molecule has 0 bridgehead atoms. The summed E-state index contributed by atoms with van der Waals surface area (Å²) in [6.07, 6.45) is 5.48. The molecule has 0 aliphatic carbocycles. The Morgan fingerprint density at radius 2 is 1.86 bits per heavy atom. The third kappa shape index (κ3) is 6.17. The molecule has 1 unspecified atom stereocenters. The Bertz CT molecular complexity index is 128. The molecule has 0 fully saturated rings. The molecule has 0 amide bonds. The van der Waals surface area contributed by atoms with Crippen molar-refractivity contribution in [1.29, 1.82) is 0 Å². The summed E-state index contributed by atoms with van der Waals surface area (Å²) in [6, 6.07) is 0. The molecular formula is C12H26N2. The smallest absolute Gasteiger partial charge is 0.00247 e. The topological polar surface area (TPSA) is 29.3 Å². The minimum Gasteiger partial charge on any atom is -0.330 e. The largest absolute Gasteiger partial charge is 0.330 e. The summed E-state index contributed by atoms with van der Waals surface area (Å²) in [6.45, 7) is 12.5. The number of nitrogens with zero attached hydrogens (tertiary/aromatic N) is 1. The van der Waals surface area contributed by atoms with Gasteiger partial charge in [0.15, 0.2) is 0 Å². The normalized spacial score (nSPS) is 13.1. The van der Waals surface area contributed by atoms with Crippen LogP contribution in [-0.4, -0.2) is 31.1 Å². The summed E-state index contributed by atoms with van der Waals surface area (Å²) in [5.74, 6) is 0.589. The van der Waals surface area contributed by atoms with Crippen LogP contribution in [0.1, 0.15) is 33.1 Å². The second-order valence-corrected chi connectivity index (χ2v) is 3.93. The highest BCUT2D eigenvalue weighted by molar-refractivity contribution is 4.76. The molecule has 0 saturated carbocycles. The van der Waals surface area contributed by atoms with Gasteiger partial charge in [-0.2, -0.15) is 0 Å². The number of rotatable bonds is 9. The van der Waals surface area contributed by atoms with Gasteiger partial charge in [0.25, 0.3) is 0 Å². The van der Waals surface area contributed by atoms with Crippen molar-refractivity contribution in [3.8, 4) is 0 Å². The van der Waals surface area contributed by atoms with Gasteiger partial charge in [-0.25, -0.2) is 0 Å². The average molecular weight is 198 g/mol. The molecule has 0 aromatic carbocycles. The van der Waals surface area contributed by atoms with Crippen LogP contribution in [0.5, 0.6) is 0 Å². The third-order valence-corrected chi connectivity index (χ3v) is 2.43. The van der Waals surface area contributed by atoms with Crippen molar-refractivity contribution < 1.29 is 0 Å². The Morgan fingerprint density at radius 1 is 1.29 bits per heavy atom. The minimum absolute atomic E-state index is 0.589. The van der Waals surface area contributed by atoms with Gasteiger partial charge in [-0.1, -0.05) is 19.9 Å². The lowest BCUT2D eigenvalue weighted by Gasteiger charge is -2.25. The van der Waals surface area contributed by atoms with Gasteiger partial charge in [-0.3, -0.25) is 0 Å². The van der Waals surface area contributed by atoms with Crippen LogP contribution in [0.3, 0.4) is 0 Å². The number of nitrogens with two attached hydrogens (primary N) is 1. The van der Waals surface area contributed by atoms with Crippen LogP contribution in [0, 0.1) is 5.92 Å². The first-order valence-corrected chi connectivity index (χ1v) is 5.81. The van der Waals surface area contributed by atoms with Gasteiger partial charge in [0.1, 0.15) is 0 Å². The molecule has 1 atom stereocenters. The number of hydrogen-bond donors (Lipinski definition) is 1. The molecule has 0 heterocycles. The zero-order chi connectivity index (χ0) is 10.8. The summed E-state index contributed by atoms with van der Waals surface area (Å²) >= 11 is 0. The summed E-state index contributed by atoms with van der Waals surface area (Å²) in [4.78, 5) is 2.51. The maximum atomic E-state index is 5.73. The summed E-state index contributed by atoms with van der Waals surface area (Å²) in [7, 11) is 0. The highest BCUT2D eigenvalue weighted by Gasteiger charge is 2.10. The zero-order valence-electron chi connectivity index (χ0n) is 9.84. The van der Waals surface area contributed by atoms with Crippen LogP contribution in [0.4, 0.5) is 0 Å². The molecule has 0 aromatic rings. The second-order valence-electron chi connectivity index (χ2n) is 3.93. The SMILES string of the molecule is C=CCC(CN)CN(CCC)CCC. The van der Waals surface area contributed by atoms with E-state index in [2.05, 4.69) is 25.3 Å². The molecule has 0 aliphatic rings. The Hall–Kier alpha value is -0.340. The molecule has 0 aliphatic heterocycles. The van der Waals surface area contributed by atoms with Crippen molar-refractivity contribution in [2.45, 2.75) is 33.1 Å². The van der Waals surface area contributed by atoms with E-state index in [1.807, 2.05) is 6.08 Å². The molecule has 2 nitrogen and oxygen atoms in total. The highest BCUT2D eigenvalue weighted by Crippen LogP contribution is 2.06. The maximum Gasteiger partial charge on any atom is 0.00247 e. The molecule has 0 spiro atoms. The molecule has 0 aromatic heterocycles. The second kappa shape index (κ2) is 9.22. The van der Waals surface area contributed by atoms with Gasteiger partial charge in [-0.05, 0) is 44.8 Å². The Labute approximate surface area is 89.2 Å².